The van der Waals surface area contributed by atoms with Crippen LogP contribution in [0.4, 0.5) is 0 Å². The summed E-state index contributed by atoms with van der Waals surface area (Å²) in [7, 11) is 0. The summed E-state index contributed by atoms with van der Waals surface area (Å²) in [6, 6.07) is 0. The van der Waals surface area contributed by atoms with Crippen LogP contribution in [0.5, 0.6) is 0 Å². The third-order valence-electron chi connectivity index (χ3n) is 8.31. The van der Waals surface area contributed by atoms with Crippen LogP contribution < -0.4 is 0 Å². The summed E-state index contributed by atoms with van der Waals surface area (Å²) >= 11 is 0. The highest BCUT2D eigenvalue weighted by Crippen LogP contribution is 2.51. The van der Waals surface area contributed by atoms with Crippen LogP contribution in [-0.2, 0) is 28.4 Å². The first-order chi connectivity index (χ1) is 13.2. The fourth-order valence-corrected chi connectivity index (χ4v) is 6.05. The van der Waals surface area contributed by atoms with Crippen molar-refractivity contribution in [2.24, 2.45) is 23.2 Å². The maximum Gasteiger partial charge on any atom is 0.412 e. The standard InChI is InChI=1S/C21H32O6/c1-2-20(15-4-6-17-19(8-15)27-17)11-24-21(25-12-20)22-9-14(10-23-21)13-3-5-16-18(7-13)26-16/h13-19H,2-12H2,1H3. The fraction of sp³-hybridized carbons (Fsp3) is 1.00. The van der Waals surface area contributed by atoms with Crippen molar-refractivity contribution in [3.8, 4) is 0 Å². The molecular formula is C21H32O6. The molecule has 0 aromatic carbocycles. The van der Waals surface area contributed by atoms with Crippen LogP contribution in [0.25, 0.3) is 0 Å². The van der Waals surface area contributed by atoms with Crippen LogP contribution in [0.1, 0.15) is 51.9 Å². The predicted molar refractivity (Wildman–Crippen MR) is 94.8 cm³/mol. The van der Waals surface area contributed by atoms with Crippen molar-refractivity contribution < 1.29 is 28.4 Å². The van der Waals surface area contributed by atoms with Gasteiger partial charge in [0, 0.05) is 11.3 Å². The highest BCUT2D eigenvalue weighted by Gasteiger charge is 2.56. The quantitative estimate of drug-likeness (QED) is 0.702. The van der Waals surface area contributed by atoms with Crippen LogP contribution in [-0.4, -0.2) is 57.0 Å². The number of ether oxygens (including phenoxy) is 6. The Kier molecular flexibility index (Phi) is 4.16. The van der Waals surface area contributed by atoms with E-state index < -0.39 is 6.16 Å². The zero-order valence-electron chi connectivity index (χ0n) is 16.3. The average Bonchev–Trinajstić information content (AvgIpc) is 3.62. The fourth-order valence-electron chi connectivity index (χ4n) is 6.05. The van der Waals surface area contributed by atoms with E-state index in [4.69, 9.17) is 28.4 Å². The van der Waals surface area contributed by atoms with Crippen LogP contribution in [0.3, 0.4) is 0 Å². The van der Waals surface area contributed by atoms with Gasteiger partial charge in [-0.15, -0.1) is 0 Å². The van der Waals surface area contributed by atoms with E-state index in [1.165, 1.54) is 25.7 Å². The van der Waals surface area contributed by atoms with Gasteiger partial charge in [-0.25, -0.2) is 0 Å². The summed E-state index contributed by atoms with van der Waals surface area (Å²) in [4.78, 5) is 0. The second-order valence-corrected chi connectivity index (χ2v) is 9.68. The van der Waals surface area contributed by atoms with Crippen LogP contribution in [0, 0.1) is 23.2 Å². The molecule has 6 fully saturated rings. The molecule has 152 valence electrons. The Hall–Kier alpha value is -0.240. The molecule has 2 aliphatic carbocycles. The molecule has 6 rings (SSSR count). The summed E-state index contributed by atoms with van der Waals surface area (Å²) in [5, 5.41) is 0. The summed E-state index contributed by atoms with van der Waals surface area (Å²) in [5.41, 5.74) is 0.0629. The van der Waals surface area contributed by atoms with Crippen LogP contribution in [0.15, 0.2) is 0 Å². The van der Waals surface area contributed by atoms with Crippen molar-refractivity contribution in [2.75, 3.05) is 26.4 Å². The van der Waals surface area contributed by atoms with Crippen LogP contribution >= 0.6 is 0 Å². The van der Waals surface area contributed by atoms with Crippen molar-refractivity contribution in [2.45, 2.75) is 82.4 Å². The zero-order valence-corrected chi connectivity index (χ0v) is 16.3. The second kappa shape index (κ2) is 6.38. The van der Waals surface area contributed by atoms with Gasteiger partial charge in [0.15, 0.2) is 0 Å². The molecule has 6 unspecified atom stereocenters. The van der Waals surface area contributed by atoms with E-state index in [-0.39, 0.29) is 5.41 Å². The van der Waals surface area contributed by atoms with Gasteiger partial charge in [0.25, 0.3) is 0 Å². The highest BCUT2D eigenvalue weighted by molar-refractivity contribution is 4.99. The Morgan fingerprint density at radius 2 is 1.37 bits per heavy atom. The molecule has 6 aliphatic rings. The third-order valence-corrected chi connectivity index (χ3v) is 8.31. The van der Waals surface area contributed by atoms with Gasteiger partial charge in [-0.05, 0) is 56.8 Å². The Morgan fingerprint density at radius 1 is 0.704 bits per heavy atom. The minimum atomic E-state index is -1.27. The van der Waals surface area contributed by atoms with Gasteiger partial charge in [0.1, 0.15) is 0 Å². The smallest absolute Gasteiger partial charge is 0.370 e. The molecule has 0 amide bonds. The Labute approximate surface area is 161 Å². The normalized spacial score (nSPS) is 57.0. The molecule has 4 aliphatic heterocycles. The van der Waals surface area contributed by atoms with E-state index in [1.54, 1.807) is 0 Å². The number of hydrogen-bond donors (Lipinski definition) is 0. The molecule has 6 heteroatoms. The molecule has 0 N–H and O–H groups in total. The monoisotopic (exact) mass is 380 g/mol. The average molecular weight is 380 g/mol. The molecular weight excluding hydrogens is 348 g/mol. The second-order valence-electron chi connectivity index (χ2n) is 9.68. The highest BCUT2D eigenvalue weighted by atomic mass is 17.0. The predicted octanol–water partition coefficient (Wildman–Crippen LogP) is 2.84. The first-order valence-electron chi connectivity index (χ1n) is 11.1. The van der Waals surface area contributed by atoms with Crippen molar-refractivity contribution in [3.05, 3.63) is 0 Å². The molecule has 0 aromatic rings. The molecule has 1 spiro atoms. The van der Waals surface area contributed by atoms with Crippen molar-refractivity contribution in [3.63, 3.8) is 0 Å². The molecule has 0 bridgehead atoms. The Balaban J connectivity index is 1.05. The molecule has 0 radical (unpaired) electrons. The maximum absolute atomic E-state index is 6.15. The minimum absolute atomic E-state index is 0.0629. The lowest BCUT2D eigenvalue weighted by Crippen LogP contribution is -2.58. The van der Waals surface area contributed by atoms with Crippen LogP contribution in [0.2, 0.25) is 0 Å². The summed E-state index contributed by atoms with van der Waals surface area (Å²) in [6.07, 6.45) is 8.95. The van der Waals surface area contributed by atoms with E-state index in [0.29, 0.717) is 68.6 Å². The first-order valence-corrected chi connectivity index (χ1v) is 11.1. The van der Waals surface area contributed by atoms with E-state index >= 15 is 0 Å². The van der Waals surface area contributed by atoms with Gasteiger partial charge in [0.2, 0.25) is 0 Å². The van der Waals surface area contributed by atoms with Gasteiger partial charge in [-0.2, -0.15) is 0 Å². The zero-order chi connectivity index (χ0) is 18.1. The molecule has 6 atom stereocenters. The summed E-state index contributed by atoms with van der Waals surface area (Å²) in [6.45, 7) is 4.86. The molecule has 2 saturated carbocycles. The number of hydrogen-bond acceptors (Lipinski definition) is 6. The lowest BCUT2D eigenvalue weighted by molar-refractivity contribution is -0.544. The molecule has 0 aromatic heterocycles. The van der Waals surface area contributed by atoms with E-state index in [1.807, 2.05) is 0 Å². The van der Waals surface area contributed by atoms with Gasteiger partial charge < -0.3 is 28.4 Å². The van der Waals surface area contributed by atoms with Gasteiger partial charge in [-0.1, -0.05) is 6.92 Å². The number of fused-ring (bicyclic) bond motifs is 2. The van der Waals surface area contributed by atoms with E-state index in [9.17, 15) is 0 Å². The summed E-state index contributed by atoms with van der Waals surface area (Å²) < 4.78 is 35.8. The third kappa shape index (κ3) is 3.08. The van der Waals surface area contributed by atoms with Crippen molar-refractivity contribution >= 4 is 0 Å². The Morgan fingerprint density at radius 3 is 2.00 bits per heavy atom. The van der Waals surface area contributed by atoms with Gasteiger partial charge >= 0.3 is 6.16 Å². The maximum atomic E-state index is 6.15. The first kappa shape index (κ1) is 17.6. The molecule has 6 nitrogen and oxygen atoms in total. The molecule has 4 saturated heterocycles. The molecule has 4 heterocycles. The largest absolute Gasteiger partial charge is 0.412 e. The lowest BCUT2D eigenvalue weighted by Gasteiger charge is -2.50. The van der Waals surface area contributed by atoms with Gasteiger partial charge in [0.05, 0.1) is 50.8 Å². The van der Waals surface area contributed by atoms with Crippen molar-refractivity contribution in [1.82, 2.24) is 0 Å². The number of epoxide rings is 2. The Bertz CT molecular complexity index is 563. The molecule has 27 heavy (non-hydrogen) atoms. The lowest BCUT2D eigenvalue weighted by atomic mass is 9.68. The van der Waals surface area contributed by atoms with E-state index in [0.717, 1.165) is 19.3 Å². The van der Waals surface area contributed by atoms with Gasteiger partial charge in [-0.3, -0.25) is 0 Å². The minimum Gasteiger partial charge on any atom is -0.370 e. The topological polar surface area (TPSA) is 62.0 Å². The van der Waals surface area contributed by atoms with E-state index in [2.05, 4.69) is 6.92 Å². The SMILES string of the molecule is CCC1(C2CCC3OC3C2)COC2(OCC(C3CCC4OC4C3)CO2)OC1. The number of rotatable bonds is 3. The summed E-state index contributed by atoms with van der Waals surface area (Å²) in [5.74, 6) is 1.67. The van der Waals surface area contributed by atoms with Crippen molar-refractivity contribution in [1.29, 1.82) is 0 Å².